The lowest BCUT2D eigenvalue weighted by Gasteiger charge is -2.17. The van der Waals surface area contributed by atoms with Crippen molar-refractivity contribution >= 4 is 17.7 Å². The highest BCUT2D eigenvalue weighted by molar-refractivity contribution is 6.01. The van der Waals surface area contributed by atoms with Gasteiger partial charge < -0.3 is 25.1 Å². The van der Waals surface area contributed by atoms with E-state index < -0.39 is 54.0 Å². The molecule has 2 aliphatic heterocycles. The van der Waals surface area contributed by atoms with Gasteiger partial charge in [0.05, 0.1) is 18.3 Å². The molecule has 206 valence electrons. The highest BCUT2D eigenvalue weighted by Crippen LogP contribution is 2.27. The Morgan fingerprint density at radius 1 is 1.23 bits per heavy atom. The van der Waals surface area contributed by atoms with Crippen LogP contribution in [0.2, 0.25) is 0 Å². The van der Waals surface area contributed by atoms with Crippen LogP contribution in [-0.4, -0.2) is 67.5 Å². The van der Waals surface area contributed by atoms with E-state index in [9.17, 15) is 39.4 Å². The molecule has 2 saturated heterocycles. The van der Waals surface area contributed by atoms with E-state index in [1.807, 2.05) is 6.07 Å². The molecule has 0 spiro atoms. The molecule has 14 nitrogen and oxygen atoms in total. The van der Waals surface area contributed by atoms with Crippen molar-refractivity contribution in [3.05, 3.63) is 61.9 Å². The van der Waals surface area contributed by atoms with Gasteiger partial charge in [0.15, 0.2) is 5.75 Å². The molecule has 3 heterocycles. The van der Waals surface area contributed by atoms with Crippen LogP contribution in [0.1, 0.15) is 53.4 Å². The standard InChI is InChI=1S/C25H27N5O9/c1-14-12-29(22-10-17(32)19(13-31)38-22)25(37)28(24(14)36)8-2-7-27-23(35)15-3-4-18(16(9-15)11-26)39-30-20(33)5-6-21(30)34/h3-4,9,12,17,19,22,31-32H,2,5-8,10,13H2,1H3,(H,27,35)/t17-,19+,22+/m0/s1. The van der Waals surface area contributed by atoms with Gasteiger partial charge in [-0.2, -0.15) is 5.26 Å². The topological polar surface area (TPSA) is 193 Å². The van der Waals surface area contributed by atoms with Crippen LogP contribution in [0.25, 0.3) is 0 Å². The molecule has 2 aliphatic rings. The van der Waals surface area contributed by atoms with Gasteiger partial charge in [0.1, 0.15) is 18.4 Å². The van der Waals surface area contributed by atoms with Crippen LogP contribution in [0.15, 0.2) is 34.0 Å². The maximum Gasteiger partial charge on any atom is 0.333 e. The maximum atomic E-state index is 13.0. The summed E-state index contributed by atoms with van der Waals surface area (Å²) in [5.74, 6) is -1.61. The summed E-state index contributed by atoms with van der Waals surface area (Å²) < 4.78 is 7.77. The van der Waals surface area contributed by atoms with Gasteiger partial charge in [0.2, 0.25) is 0 Å². The van der Waals surface area contributed by atoms with Gasteiger partial charge in [-0.15, -0.1) is 5.06 Å². The van der Waals surface area contributed by atoms with Gasteiger partial charge in [-0.25, -0.2) is 4.79 Å². The number of nitrogens with zero attached hydrogens (tertiary/aromatic N) is 4. The SMILES string of the molecule is Cc1cn([C@H]2C[C@H](O)[C@@H](CO)O2)c(=O)n(CCCNC(=O)c2ccc(ON3C(=O)CCC3=O)c(C#N)c2)c1=O. The molecule has 0 radical (unpaired) electrons. The first-order valence-electron chi connectivity index (χ1n) is 12.3. The molecular formula is C25H27N5O9. The van der Waals surface area contributed by atoms with Gasteiger partial charge in [-0.3, -0.25) is 28.3 Å². The molecule has 2 aromatic rings. The number of carbonyl (C=O) groups excluding carboxylic acids is 3. The first kappa shape index (κ1) is 27.7. The Hall–Kier alpha value is -4.32. The number of rotatable bonds is 9. The monoisotopic (exact) mass is 541 g/mol. The Balaban J connectivity index is 1.38. The van der Waals surface area contributed by atoms with Crippen molar-refractivity contribution in [3.8, 4) is 11.8 Å². The van der Waals surface area contributed by atoms with Crippen LogP contribution >= 0.6 is 0 Å². The Bertz CT molecular complexity index is 1440. The van der Waals surface area contributed by atoms with Gasteiger partial charge in [0.25, 0.3) is 23.3 Å². The fraction of sp³-hybridized carbons (Fsp3) is 0.440. The zero-order chi connectivity index (χ0) is 28.3. The van der Waals surface area contributed by atoms with Crippen LogP contribution in [0.3, 0.4) is 0 Å². The number of ether oxygens (including phenoxy) is 1. The summed E-state index contributed by atoms with van der Waals surface area (Å²) in [6.45, 7) is 1.22. The minimum Gasteiger partial charge on any atom is -0.394 e. The molecule has 39 heavy (non-hydrogen) atoms. The smallest absolute Gasteiger partial charge is 0.333 e. The van der Waals surface area contributed by atoms with Crippen molar-refractivity contribution in [1.29, 1.82) is 5.26 Å². The fourth-order valence-electron chi connectivity index (χ4n) is 4.35. The number of imide groups is 1. The van der Waals surface area contributed by atoms with Crippen molar-refractivity contribution in [3.63, 3.8) is 0 Å². The minimum atomic E-state index is -0.949. The van der Waals surface area contributed by atoms with Crippen LogP contribution < -0.4 is 21.4 Å². The largest absolute Gasteiger partial charge is 0.394 e. The minimum absolute atomic E-state index is 0.00750. The molecule has 3 amide bonds. The van der Waals surface area contributed by atoms with Crippen molar-refractivity contribution in [2.75, 3.05) is 13.2 Å². The quantitative estimate of drug-likeness (QED) is 0.264. The normalized spacial score (nSPS) is 20.8. The van der Waals surface area contributed by atoms with Crippen LogP contribution in [0.4, 0.5) is 0 Å². The van der Waals surface area contributed by atoms with Gasteiger partial charge >= 0.3 is 5.69 Å². The molecule has 14 heteroatoms. The molecular weight excluding hydrogens is 514 g/mol. The number of hydrogen-bond acceptors (Lipinski definition) is 10. The summed E-state index contributed by atoms with van der Waals surface area (Å²) in [6.07, 6.45) is -0.911. The van der Waals surface area contributed by atoms with Crippen LogP contribution in [-0.2, 0) is 20.9 Å². The predicted octanol–water partition coefficient (Wildman–Crippen LogP) is -0.906. The lowest BCUT2D eigenvalue weighted by atomic mass is 10.1. The van der Waals surface area contributed by atoms with Gasteiger partial charge in [-0.05, 0) is 31.5 Å². The molecule has 3 atom stereocenters. The molecule has 1 aromatic carbocycles. The summed E-state index contributed by atoms with van der Waals surface area (Å²) in [6, 6.07) is 5.81. The predicted molar refractivity (Wildman–Crippen MR) is 131 cm³/mol. The third-order valence-corrected chi connectivity index (χ3v) is 6.46. The molecule has 0 saturated carbocycles. The van der Waals surface area contributed by atoms with Crippen molar-refractivity contribution < 1.29 is 34.2 Å². The van der Waals surface area contributed by atoms with E-state index in [4.69, 9.17) is 9.57 Å². The Morgan fingerprint density at radius 2 is 1.95 bits per heavy atom. The molecule has 4 rings (SSSR count). The number of aliphatic hydroxyl groups excluding tert-OH is 2. The number of aromatic nitrogens is 2. The van der Waals surface area contributed by atoms with E-state index in [1.54, 1.807) is 6.92 Å². The number of carbonyl (C=O) groups is 3. The first-order valence-corrected chi connectivity index (χ1v) is 12.3. The van der Waals surface area contributed by atoms with E-state index >= 15 is 0 Å². The van der Waals surface area contributed by atoms with E-state index in [0.717, 1.165) is 4.57 Å². The second-order valence-corrected chi connectivity index (χ2v) is 9.18. The molecule has 3 N–H and O–H groups in total. The second kappa shape index (κ2) is 11.6. The fourth-order valence-corrected chi connectivity index (χ4v) is 4.35. The highest BCUT2D eigenvalue weighted by atomic mass is 16.7. The van der Waals surface area contributed by atoms with Gasteiger partial charge in [-0.1, -0.05) is 0 Å². The number of aryl methyl sites for hydroxylation is 1. The van der Waals surface area contributed by atoms with E-state index in [2.05, 4.69) is 5.32 Å². The Morgan fingerprint density at radius 3 is 2.59 bits per heavy atom. The zero-order valence-electron chi connectivity index (χ0n) is 21.0. The number of nitrogens with one attached hydrogen (secondary N) is 1. The van der Waals surface area contributed by atoms with Crippen LogP contribution in [0.5, 0.6) is 5.75 Å². The lowest BCUT2D eigenvalue weighted by Crippen LogP contribution is -2.42. The molecule has 2 fully saturated rings. The average molecular weight is 542 g/mol. The third kappa shape index (κ3) is 5.75. The van der Waals surface area contributed by atoms with Gasteiger partial charge in [0, 0.05) is 49.7 Å². The van der Waals surface area contributed by atoms with E-state index in [-0.39, 0.29) is 61.2 Å². The number of benzene rings is 1. The second-order valence-electron chi connectivity index (χ2n) is 9.18. The number of hydrogen-bond donors (Lipinski definition) is 3. The number of amides is 3. The van der Waals surface area contributed by atoms with Crippen molar-refractivity contribution in [2.24, 2.45) is 0 Å². The first-order chi connectivity index (χ1) is 18.6. The van der Waals surface area contributed by atoms with Crippen LogP contribution in [0, 0.1) is 18.3 Å². The third-order valence-electron chi connectivity index (χ3n) is 6.46. The number of nitriles is 1. The Labute approximate surface area is 221 Å². The summed E-state index contributed by atoms with van der Waals surface area (Å²) >= 11 is 0. The molecule has 0 aliphatic carbocycles. The summed E-state index contributed by atoms with van der Waals surface area (Å²) in [5, 5.41) is 32.0. The lowest BCUT2D eigenvalue weighted by molar-refractivity contribution is -0.164. The molecule has 0 unspecified atom stereocenters. The van der Waals surface area contributed by atoms with E-state index in [0.29, 0.717) is 5.06 Å². The average Bonchev–Trinajstić information content (AvgIpc) is 3.46. The number of aliphatic hydroxyl groups is 2. The van der Waals surface area contributed by atoms with Crippen molar-refractivity contribution in [1.82, 2.24) is 19.5 Å². The summed E-state index contributed by atoms with van der Waals surface area (Å²) in [4.78, 5) is 67.0. The number of hydroxylamine groups is 2. The van der Waals surface area contributed by atoms with Crippen molar-refractivity contribution in [2.45, 2.75) is 57.6 Å². The summed E-state index contributed by atoms with van der Waals surface area (Å²) in [7, 11) is 0. The maximum absolute atomic E-state index is 13.0. The van der Waals surface area contributed by atoms with E-state index in [1.165, 1.54) is 29.0 Å². The Kier molecular flexibility index (Phi) is 8.24. The zero-order valence-corrected chi connectivity index (χ0v) is 21.0. The highest BCUT2D eigenvalue weighted by Gasteiger charge is 2.35. The summed E-state index contributed by atoms with van der Waals surface area (Å²) in [5.41, 5.74) is -0.776. The molecule has 0 bridgehead atoms. The molecule has 1 aromatic heterocycles.